The molecule has 0 saturated carbocycles. The third-order valence-electron chi connectivity index (χ3n) is 4.62. The number of nitrogens with zero attached hydrogens (tertiary/aromatic N) is 2. The number of likely N-dealkylation sites (tertiary alicyclic amines) is 1. The molecular formula is C19H32N4O. The second-order valence-corrected chi connectivity index (χ2v) is 6.44. The Bertz CT molecular complexity index is 510. The molecule has 0 amide bonds. The molecule has 5 heteroatoms. The fourth-order valence-corrected chi connectivity index (χ4v) is 3.16. The highest BCUT2D eigenvalue weighted by atomic mass is 16.5. The molecule has 24 heavy (non-hydrogen) atoms. The molecule has 1 aliphatic rings. The predicted molar refractivity (Wildman–Crippen MR) is 101 cm³/mol. The number of hydrogen-bond donors (Lipinski definition) is 2. The molecule has 0 spiro atoms. The minimum absolute atomic E-state index is 0.742. The molecule has 1 saturated heterocycles. The van der Waals surface area contributed by atoms with Gasteiger partial charge in [-0.25, -0.2) is 0 Å². The molecule has 0 aliphatic carbocycles. The predicted octanol–water partition coefficient (Wildman–Crippen LogP) is 2.48. The number of benzene rings is 1. The number of hydrogen-bond acceptors (Lipinski definition) is 3. The Balaban J connectivity index is 1.71. The second-order valence-electron chi connectivity index (χ2n) is 6.44. The lowest BCUT2D eigenvalue weighted by Gasteiger charge is -2.32. The van der Waals surface area contributed by atoms with E-state index in [-0.39, 0.29) is 0 Å². The third kappa shape index (κ3) is 6.04. The summed E-state index contributed by atoms with van der Waals surface area (Å²) in [5.74, 6) is 2.50. The van der Waals surface area contributed by atoms with Gasteiger partial charge in [0.15, 0.2) is 5.96 Å². The summed E-state index contributed by atoms with van der Waals surface area (Å²) in [5.41, 5.74) is 1.19. The van der Waals surface area contributed by atoms with Crippen LogP contribution in [0.5, 0.6) is 5.75 Å². The van der Waals surface area contributed by atoms with Gasteiger partial charge < -0.3 is 20.3 Å². The van der Waals surface area contributed by atoms with E-state index in [0.29, 0.717) is 0 Å². The number of nitrogens with one attached hydrogen (secondary N) is 2. The lowest BCUT2D eigenvalue weighted by atomic mass is 9.97. The average molecular weight is 332 g/mol. The highest BCUT2D eigenvalue weighted by Crippen LogP contribution is 2.16. The number of piperidine rings is 1. The minimum Gasteiger partial charge on any atom is -0.497 e. The van der Waals surface area contributed by atoms with E-state index in [4.69, 9.17) is 4.74 Å². The molecular weight excluding hydrogens is 300 g/mol. The molecule has 1 fully saturated rings. The summed E-state index contributed by atoms with van der Waals surface area (Å²) in [6.07, 6.45) is 3.81. The summed E-state index contributed by atoms with van der Waals surface area (Å²) < 4.78 is 5.26. The Kier molecular flexibility index (Phi) is 7.89. The van der Waals surface area contributed by atoms with Crippen LogP contribution in [0.25, 0.3) is 0 Å². The number of ether oxygens (including phenoxy) is 1. The smallest absolute Gasteiger partial charge is 0.191 e. The first-order valence-electron chi connectivity index (χ1n) is 9.05. The standard InChI is InChI=1S/C19H32N4O/c1-4-10-23-11-8-16(9-12-23)14-21-19(20-2)22-15-17-6-5-7-18(13-17)24-3/h5-7,13,16H,4,8-12,14-15H2,1-3H3,(H2,20,21,22). The molecule has 2 rings (SSSR count). The van der Waals surface area contributed by atoms with Gasteiger partial charge in [-0.05, 0) is 62.5 Å². The Morgan fingerprint density at radius 1 is 1.29 bits per heavy atom. The molecule has 0 bridgehead atoms. The maximum atomic E-state index is 5.26. The van der Waals surface area contributed by atoms with E-state index in [1.54, 1.807) is 7.11 Å². The van der Waals surface area contributed by atoms with Gasteiger partial charge in [0.25, 0.3) is 0 Å². The molecule has 1 aromatic rings. The van der Waals surface area contributed by atoms with Crippen molar-refractivity contribution in [3.63, 3.8) is 0 Å². The number of aliphatic imine (C=N–C) groups is 1. The molecule has 0 atom stereocenters. The van der Waals surface area contributed by atoms with Crippen molar-refractivity contribution in [1.29, 1.82) is 0 Å². The summed E-state index contributed by atoms with van der Waals surface area (Å²) in [4.78, 5) is 6.90. The van der Waals surface area contributed by atoms with E-state index in [1.807, 2.05) is 25.2 Å². The van der Waals surface area contributed by atoms with E-state index in [9.17, 15) is 0 Å². The molecule has 0 aromatic heterocycles. The molecule has 2 N–H and O–H groups in total. The minimum atomic E-state index is 0.742. The largest absolute Gasteiger partial charge is 0.497 e. The van der Waals surface area contributed by atoms with Crippen LogP contribution in [0.15, 0.2) is 29.3 Å². The lowest BCUT2D eigenvalue weighted by molar-refractivity contribution is 0.185. The lowest BCUT2D eigenvalue weighted by Crippen LogP contribution is -2.42. The Morgan fingerprint density at radius 2 is 2.08 bits per heavy atom. The van der Waals surface area contributed by atoms with Gasteiger partial charge in [-0.15, -0.1) is 0 Å². The molecule has 1 aliphatic heterocycles. The first-order chi connectivity index (χ1) is 11.7. The van der Waals surface area contributed by atoms with Gasteiger partial charge in [0.2, 0.25) is 0 Å². The van der Waals surface area contributed by atoms with Crippen LogP contribution in [-0.4, -0.2) is 51.2 Å². The molecule has 1 heterocycles. The van der Waals surface area contributed by atoms with Gasteiger partial charge in [0.05, 0.1) is 7.11 Å². The van der Waals surface area contributed by atoms with E-state index >= 15 is 0 Å². The van der Waals surface area contributed by atoms with E-state index < -0.39 is 0 Å². The van der Waals surface area contributed by atoms with Crippen molar-refractivity contribution < 1.29 is 4.74 Å². The highest BCUT2D eigenvalue weighted by molar-refractivity contribution is 5.79. The first-order valence-corrected chi connectivity index (χ1v) is 9.05. The quantitative estimate of drug-likeness (QED) is 0.595. The first kappa shape index (κ1) is 18.6. The van der Waals surface area contributed by atoms with Crippen molar-refractivity contribution in [3.05, 3.63) is 29.8 Å². The van der Waals surface area contributed by atoms with Gasteiger partial charge in [0, 0.05) is 20.1 Å². The maximum absolute atomic E-state index is 5.26. The third-order valence-corrected chi connectivity index (χ3v) is 4.62. The van der Waals surface area contributed by atoms with E-state index in [2.05, 4.69) is 33.5 Å². The van der Waals surface area contributed by atoms with Gasteiger partial charge in [-0.3, -0.25) is 4.99 Å². The van der Waals surface area contributed by atoms with Crippen molar-refractivity contribution in [2.75, 3.05) is 40.3 Å². The zero-order valence-corrected chi connectivity index (χ0v) is 15.3. The topological polar surface area (TPSA) is 48.9 Å². The fraction of sp³-hybridized carbons (Fsp3) is 0.632. The van der Waals surface area contributed by atoms with Crippen LogP contribution >= 0.6 is 0 Å². The van der Waals surface area contributed by atoms with E-state index in [0.717, 1.165) is 30.7 Å². The molecule has 1 aromatic carbocycles. The van der Waals surface area contributed by atoms with Gasteiger partial charge in [0.1, 0.15) is 5.75 Å². The monoisotopic (exact) mass is 332 g/mol. The summed E-state index contributed by atoms with van der Waals surface area (Å²) >= 11 is 0. The van der Waals surface area contributed by atoms with Gasteiger partial charge in [-0.2, -0.15) is 0 Å². The molecule has 0 unspecified atom stereocenters. The van der Waals surface area contributed by atoms with Crippen LogP contribution < -0.4 is 15.4 Å². The molecule has 5 nitrogen and oxygen atoms in total. The Labute approximate surface area is 146 Å². The number of rotatable bonds is 7. The Hall–Kier alpha value is -1.75. The normalized spacial score (nSPS) is 16.9. The van der Waals surface area contributed by atoms with Gasteiger partial charge >= 0.3 is 0 Å². The van der Waals surface area contributed by atoms with Crippen molar-refractivity contribution in [2.24, 2.45) is 10.9 Å². The van der Waals surface area contributed by atoms with Crippen molar-refractivity contribution >= 4 is 5.96 Å². The van der Waals surface area contributed by atoms with Crippen LogP contribution in [0.4, 0.5) is 0 Å². The average Bonchev–Trinajstić information content (AvgIpc) is 2.63. The molecule has 134 valence electrons. The molecule has 0 radical (unpaired) electrons. The Morgan fingerprint density at radius 3 is 2.75 bits per heavy atom. The maximum Gasteiger partial charge on any atom is 0.191 e. The SMILES string of the molecule is CCCN1CCC(CNC(=NC)NCc2cccc(OC)c2)CC1. The van der Waals surface area contributed by atoms with E-state index in [1.165, 1.54) is 44.5 Å². The van der Waals surface area contributed by atoms with Crippen LogP contribution in [0.2, 0.25) is 0 Å². The zero-order chi connectivity index (χ0) is 17.2. The van der Waals surface area contributed by atoms with Crippen molar-refractivity contribution in [3.8, 4) is 5.75 Å². The summed E-state index contributed by atoms with van der Waals surface area (Å²) in [5, 5.41) is 6.85. The van der Waals surface area contributed by atoms with Crippen molar-refractivity contribution in [2.45, 2.75) is 32.7 Å². The van der Waals surface area contributed by atoms with Crippen LogP contribution in [0.3, 0.4) is 0 Å². The number of methoxy groups -OCH3 is 1. The second kappa shape index (κ2) is 10.2. The summed E-state index contributed by atoms with van der Waals surface area (Å²) in [7, 11) is 3.52. The van der Waals surface area contributed by atoms with Crippen molar-refractivity contribution in [1.82, 2.24) is 15.5 Å². The summed E-state index contributed by atoms with van der Waals surface area (Å²) in [6.45, 7) is 7.70. The summed E-state index contributed by atoms with van der Waals surface area (Å²) in [6, 6.07) is 8.10. The fourth-order valence-electron chi connectivity index (χ4n) is 3.16. The zero-order valence-electron chi connectivity index (χ0n) is 15.3. The highest BCUT2D eigenvalue weighted by Gasteiger charge is 2.18. The van der Waals surface area contributed by atoms with Crippen LogP contribution in [0.1, 0.15) is 31.7 Å². The van der Waals surface area contributed by atoms with Gasteiger partial charge in [-0.1, -0.05) is 19.1 Å². The van der Waals surface area contributed by atoms with Crippen LogP contribution in [0, 0.1) is 5.92 Å². The number of guanidine groups is 1. The van der Waals surface area contributed by atoms with Crippen LogP contribution in [-0.2, 0) is 6.54 Å².